The van der Waals surface area contributed by atoms with E-state index >= 15 is 0 Å². The highest BCUT2D eigenvalue weighted by Crippen LogP contribution is 2.40. The smallest absolute Gasteiger partial charge is 0.0732 e. The highest BCUT2D eigenvalue weighted by Gasteiger charge is 2.27. The molecule has 15 heavy (non-hydrogen) atoms. The quantitative estimate of drug-likeness (QED) is 0.732. The molecule has 1 nitrogen and oxygen atoms in total. The molecule has 0 N–H and O–H groups in total. The summed E-state index contributed by atoms with van der Waals surface area (Å²) < 4.78 is 5.40. The third-order valence-electron chi connectivity index (χ3n) is 2.98. The minimum Gasteiger partial charge on any atom is -0.381 e. The van der Waals surface area contributed by atoms with Gasteiger partial charge in [0.05, 0.1) is 12.0 Å². The van der Waals surface area contributed by atoms with Gasteiger partial charge in [0.2, 0.25) is 0 Å². The van der Waals surface area contributed by atoms with Gasteiger partial charge in [-0.15, -0.1) is 22.9 Å². The molecule has 84 valence electrons. The molecule has 2 rings (SSSR count). The topological polar surface area (TPSA) is 9.23 Å². The second-order valence-electron chi connectivity index (χ2n) is 4.13. The molecular weight excluding hydrogens is 228 g/mol. The van der Waals surface area contributed by atoms with Crippen LogP contribution < -0.4 is 0 Å². The van der Waals surface area contributed by atoms with Gasteiger partial charge in [-0.2, -0.15) is 0 Å². The molecule has 2 atom stereocenters. The third kappa shape index (κ3) is 2.38. The first-order valence-corrected chi connectivity index (χ1v) is 6.78. The fraction of sp³-hybridized carbons (Fsp3) is 0.667. The lowest BCUT2D eigenvalue weighted by Gasteiger charge is -2.15. The van der Waals surface area contributed by atoms with Crippen LogP contribution in [0.25, 0.3) is 0 Å². The summed E-state index contributed by atoms with van der Waals surface area (Å²) in [6, 6.07) is 2.27. The first kappa shape index (κ1) is 11.4. The molecule has 1 aliphatic heterocycles. The Hall–Kier alpha value is -0.0500. The predicted molar refractivity (Wildman–Crippen MR) is 66.0 cm³/mol. The van der Waals surface area contributed by atoms with E-state index in [1.54, 1.807) is 0 Å². The number of ether oxygens (including phenoxy) is 1. The Balaban J connectivity index is 2.19. The molecule has 0 amide bonds. The van der Waals surface area contributed by atoms with E-state index in [0.717, 1.165) is 26.1 Å². The van der Waals surface area contributed by atoms with Gasteiger partial charge in [-0.3, -0.25) is 0 Å². The second-order valence-corrected chi connectivity index (χ2v) is 5.88. The fourth-order valence-corrected chi connectivity index (χ4v) is 3.75. The maximum Gasteiger partial charge on any atom is 0.0732 e. The van der Waals surface area contributed by atoms with E-state index in [0.29, 0.717) is 5.92 Å². The van der Waals surface area contributed by atoms with Gasteiger partial charge in [0, 0.05) is 22.3 Å². The lowest BCUT2D eigenvalue weighted by atomic mass is 10.0. The first-order valence-electron chi connectivity index (χ1n) is 5.53. The monoisotopic (exact) mass is 244 g/mol. The van der Waals surface area contributed by atoms with Crippen LogP contribution in [-0.2, 0) is 11.2 Å². The Bertz CT molecular complexity index is 328. The van der Waals surface area contributed by atoms with Gasteiger partial charge in [0.1, 0.15) is 0 Å². The van der Waals surface area contributed by atoms with Crippen molar-refractivity contribution in [2.24, 2.45) is 5.92 Å². The molecule has 2 unspecified atom stereocenters. The SMILES string of the molecule is CCc1cc(C)sc1C(Cl)C1CCOC1. The van der Waals surface area contributed by atoms with Crippen LogP contribution in [0.3, 0.4) is 0 Å². The highest BCUT2D eigenvalue weighted by molar-refractivity contribution is 7.12. The van der Waals surface area contributed by atoms with Crippen LogP contribution in [0.4, 0.5) is 0 Å². The molecule has 0 aliphatic carbocycles. The Morgan fingerprint density at radius 3 is 3.07 bits per heavy atom. The van der Waals surface area contributed by atoms with Gasteiger partial charge in [-0.05, 0) is 31.4 Å². The normalized spacial score (nSPS) is 23.3. The minimum absolute atomic E-state index is 0.154. The zero-order chi connectivity index (χ0) is 10.8. The molecule has 0 radical (unpaired) electrons. The van der Waals surface area contributed by atoms with Gasteiger partial charge in [-0.25, -0.2) is 0 Å². The van der Waals surface area contributed by atoms with Crippen LogP contribution in [0.2, 0.25) is 0 Å². The van der Waals surface area contributed by atoms with Crippen LogP contribution in [0, 0.1) is 12.8 Å². The van der Waals surface area contributed by atoms with Crippen molar-refractivity contribution in [3.63, 3.8) is 0 Å². The second kappa shape index (κ2) is 4.86. The molecule has 1 aliphatic rings. The molecule has 0 bridgehead atoms. The molecule has 1 fully saturated rings. The van der Waals surface area contributed by atoms with Crippen molar-refractivity contribution in [1.29, 1.82) is 0 Å². The van der Waals surface area contributed by atoms with E-state index in [4.69, 9.17) is 16.3 Å². The predicted octanol–water partition coefficient (Wildman–Crippen LogP) is 3.94. The Kier molecular flexibility index (Phi) is 3.70. The number of hydrogen-bond acceptors (Lipinski definition) is 2. The Morgan fingerprint density at radius 1 is 1.67 bits per heavy atom. The Morgan fingerprint density at radius 2 is 2.47 bits per heavy atom. The van der Waals surface area contributed by atoms with Crippen LogP contribution >= 0.6 is 22.9 Å². The number of aryl methyl sites for hydroxylation is 2. The van der Waals surface area contributed by atoms with Gasteiger partial charge in [-0.1, -0.05) is 6.92 Å². The molecule has 0 saturated carbocycles. The summed E-state index contributed by atoms with van der Waals surface area (Å²) in [5.41, 5.74) is 1.42. The van der Waals surface area contributed by atoms with E-state index in [9.17, 15) is 0 Å². The van der Waals surface area contributed by atoms with Crippen molar-refractivity contribution < 1.29 is 4.74 Å². The number of halogens is 1. The van der Waals surface area contributed by atoms with Crippen LogP contribution in [0.15, 0.2) is 6.07 Å². The Labute approximate surface area is 100 Å². The van der Waals surface area contributed by atoms with E-state index in [1.807, 2.05) is 11.3 Å². The molecule has 3 heteroatoms. The molecule has 0 spiro atoms. The first-order chi connectivity index (χ1) is 7.22. The van der Waals surface area contributed by atoms with Crippen LogP contribution in [0.1, 0.15) is 34.0 Å². The molecular formula is C12H17ClOS. The van der Waals surface area contributed by atoms with Crippen molar-refractivity contribution in [3.8, 4) is 0 Å². The maximum absolute atomic E-state index is 6.54. The van der Waals surface area contributed by atoms with E-state index in [1.165, 1.54) is 15.3 Å². The largest absolute Gasteiger partial charge is 0.381 e. The van der Waals surface area contributed by atoms with Gasteiger partial charge < -0.3 is 4.74 Å². The third-order valence-corrected chi connectivity index (χ3v) is 4.85. The minimum atomic E-state index is 0.154. The molecule has 1 aromatic rings. The molecule has 1 saturated heterocycles. The standard InChI is InChI=1S/C12H17ClOS/c1-3-9-6-8(2)15-12(9)11(13)10-4-5-14-7-10/h6,10-11H,3-5,7H2,1-2H3. The zero-order valence-electron chi connectivity index (χ0n) is 9.25. The van der Waals surface area contributed by atoms with Crippen molar-refractivity contribution in [2.75, 3.05) is 13.2 Å². The van der Waals surface area contributed by atoms with Crippen molar-refractivity contribution >= 4 is 22.9 Å². The lowest BCUT2D eigenvalue weighted by molar-refractivity contribution is 0.185. The zero-order valence-corrected chi connectivity index (χ0v) is 10.8. The molecule has 1 aromatic heterocycles. The number of hydrogen-bond donors (Lipinski definition) is 0. The highest BCUT2D eigenvalue weighted by atomic mass is 35.5. The van der Waals surface area contributed by atoms with Gasteiger partial charge >= 0.3 is 0 Å². The molecule has 2 heterocycles. The number of alkyl halides is 1. The van der Waals surface area contributed by atoms with Crippen LogP contribution in [0.5, 0.6) is 0 Å². The van der Waals surface area contributed by atoms with Crippen molar-refractivity contribution in [1.82, 2.24) is 0 Å². The average Bonchev–Trinajstić information content (AvgIpc) is 2.84. The number of rotatable bonds is 3. The van der Waals surface area contributed by atoms with Crippen LogP contribution in [-0.4, -0.2) is 13.2 Å². The van der Waals surface area contributed by atoms with Gasteiger partial charge in [0.15, 0.2) is 0 Å². The summed E-state index contributed by atoms with van der Waals surface area (Å²) in [7, 11) is 0. The van der Waals surface area contributed by atoms with Crippen molar-refractivity contribution in [3.05, 3.63) is 21.4 Å². The summed E-state index contributed by atoms with van der Waals surface area (Å²) in [5, 5.41) is 0.154. The summed E-state index contributed by atoms with van der Waals surface area (Å²) >= 11 is 8.39. The molecule has 0 aromatic carbocycles. The summed E-state index contributed by atoms with van der Waals surface area (Å²) in [4.78, 5) is 2.73. The average molecular weight is 245 g/mol. The van der Waals surface area contributed by atoms with E-state index < -0.39 is 0 Å². The van der Waals surface area contributed by atoms with E-state index in [-0.39, 0.29) is 5.38 Å². The van der Waals surface area contributed by atoms with E-state index in [2.05, 4.69) is 19.9 Å². The number of thiophene rings is 1. The summed E-state index contributed by atoms with van der Waals surface area (Å²) in [5.74, 6) is 0.509. The maximum atomic E-state index is 6.54. The summed E-state index contributed by atoms with van der Waals surface area (Å²) in [6.45, 7) is 6.05. The fourth-order valence-electron chi connectivity index (χ4n) is 2.09. The summed E-state index contributed by atoms with van der Waals surface area (Å²) in [6.07, 6.45) is 2.19. The van der Waals surface area contributed by atoms with Crippen molar-refractivity contribution in [2.45, 2.75) is 32.1 Å². The van der Waals surface area contributed by atoms with Gasteiger partial charge in [0.25, 0.3) is 0 Å². The lowest BCUT2D eigenvalue weighted by Crippen LogP contribution is -2.07.